The SMILES string of the molecule is CCNCc1c(N(C)C(CC)CSC)nc2ccccn12. The van der Waals surface area contributed by atoms with Crippen LogP contribution in [0.25, 0.3) is 5.65 Å². The average molecular weight is 306 g/mol. The highest BCUT2D eigenvalue weighted by Gasteiger charge is 2.20. The summed E-state index contributed by atoms with van der Waals surface area (Å²) >= 11 is 1.90. The van der Waals surface area contributed by atoms with Crippen molar-refractivity contribution in [2.75, 3.05) is 30.5 Å². The summed E-state index contributed by atoms with van der Waals surface area (Å²) in [6.45, 7) is 6.19. The molecule has 2 rings (SSSR count). The highest BCUT2D eigenvalue weighted by Crippen LogP contribution is 2.24. The summed E-state index contributed by atoms with van der Waals surface area (Å²) in [4.78, 5) is 7.20. The number of pyridine rings is 1. The second kappa shape index (κ2) is 7.71. The van der Waals surface area contributed by atoms with Gasteiger partial charge >= 0.3 is 0 Å². The first-order valence-electron chi connectivity index (χ1n) is 7.61. The van der Waals surface area contributed by atoms with Gasteiger partial charge in [0.2, 0.25) is 0 Å². The van der Waals surface area contributed by atoms with Crippen LogP contribution >= 0.6 is 11.8 Å². The van der Waals surface area contributed by atoms with Gasteiger partial charge in [0.25, 0.3) is 0 Å². The summed E-state index contributed by atoms with van der Waals surface area (Å²) in [5.41, 5.74) is 2.26. The summed E-state index contributed by atoms with van der Waals surface area (Å²) < 4.78 is 2.19. The summed E-state index contributed by atoms with van der Waals surface area (Å²) in [6, 6.07) is 6.70. The first kappa shape index (κ1) is 16.2. The standard InChI is InChI=1S/C16H26N4S/c1-5-13(12-21-4)19(3)16-14(11-17-6-2)20-10-8-7-9-15(20)18-16/h7-10,13,17H,5-6,11-12H2,1-4H3. The summed E-state index contributed by atoms with van der Waals surface area (Å²) in [7, 11) is 2.17. The lowest BCUT2D eigenvalue weighted by atomic mass is 10.2. The van der Waals surface area contributed by atoms with Crippen molar-refractivity contribution in [3.63, 3.8) is 0 Å². The number of hydrogen-bond acceptors (Lipinski definition) is 4. The Kier molecular flexibility index (Phi) is 5.94. The average Bonchev–Trinajstić information content (AvgIpc) is 2.88. The number of fused-ring (bicyclic) bond motifs is 1. The monoisotopic (exact) mass is 306 g/mol. The van der Waals surface area contributed by atoms with Gasteiger partial charge < -0.3 is 14.6 Å². The molecule has 0 aliphatic heterocycles. The smallest absolute Gasteiger partial charge is 0.152 e. The van der Waals surface area contributed by atoms with E-state index >= 15 is 0 Å². The van der Waals surface area contributed by atoms with Crippen LogP contribution < -0.4 is 10.2 Å². The Morgan fingerprint density at radius 1 is 1.38 bits per heavy atom. The van der Waals surface area contributed by atoms with Crippen molar-refractivity contribution in [2.24, 2.45) is 0 Å². The molecule has 0 aromatic carbocycles. The van der Waals surface area contributed by atoms with Gasteiger partial charge in [0.1, 0.15) is 5.65 Å². The molecule has 2 aromatic heterocycles. The van der Waals surface area contributed by atoms with E-state index in [4.69, 9.17) is 4.98 Å². The van der Waals surface area contributed by atoms with Crippen molar-refractivity contribution in [3.05, 3.63) is 30.1 Å². The van der Waals surface area contributed by atoms with E-state index in [9.17, 15) is 0 Å². The second-order valence-corrected chi connectivity index (χ2v) is 6.13. The molecule has 0 radical (unpaired) electrons. The molecule has 1 unspecified atom stereocenters. The molecule has 0 aliphatic carbocycles. The molecule has 4 nitrogen and oxygen atoms in total. The molecule has 0 amide bonds. The third-order valence-electron chi connectivity index (χ3n) is 3.86. The molecule has 2 aromatic rings. The molecule has 0 fully saturated rings. The van der Waals surface area contributed by atoms with Crippen LogP contribution in [-0.2, 0) is 6.54 Å². The summed E-state index contributed by atoms with van der Waals surface area (Å²) in [6.07, 6.45) is 5.40. The van der Waals surface area contributed by atoms with E-state index < -0.39 is 0 Å². The van der Waals surface area contributed by atoms with Gasteiger partial charge in [-0.05, 0) is 31.4 Å². The molecule has 21 heavy (non-hydrogen) atoms. The van der Waals surface area contributed by atoms with Crippen LogP contribution in [0.1, 0.15) is 26.0 Å². The van der Waals surface area contributed by atoms with Gasteiger partial charge in [0.15, 0.2) is 5.82 Å². The van der Waals surface area contributed by atoms with Crippen LogP contribution in [-0.4, -0.2) is 41.0 Å². The minimum absolute atomic E-state index is 0.519. The van der Waals surface area contributed by atoms with Crippen molar-refractivity contribution >= 4 is 23.2 Å². The van der Waals surface area contributed by atoms with E-state index in [1.807, 2.05) is 17.8 Å². The lowest BCUT2D eigenvalue weighted by Gasteiger charge is -2.27. The zero-order valence-electron chi connectivity index (χ0n) is 13.5. The number of nitrogens with zero attached hydrogens (tertiary/aromatic N) is 3. The molecule has 5 heteroatoms. The molecular weight excluding hydrogens is 280 g/mol. The Morgan fingerprint density at radius 2 is 2.19 bits per heavy atom. The van der Waals surface area contributed by atoms with Gasteiger partial charge in [-0.25, -0.2) is 4.98 Å². The van der Waals surface area contributed by atoms with Crippen molar-refractivity contribution in [1.82, 2.24) is 14.7 Å². The van der Waals surface area contributed by atoms with E-state index in [2.05, 4.69) is 60.1 Å². The Hall–Kier alpha value is -1.20. The van der Waals surface area contributed by atoms with Crippen molar-refractivity contribution in [2.45, 2.75) is 32.9 Å². The molecule has 116 valence electrons. The van der Waals surface area contributed by atoms with Crippen molar-refractivity contribution < 1.29 is 0 Å². The van der Waals surface area contributed by atoms with Crippen molar-refractivity contribution in [1.29, 1.82) is 0 Å². The van der Waals surface area contributed by atoms with Gasteiger partial charge in [-0.2, -0.15) is 11.8 Å². The number of rotatable bonds is 8. The predicted molar refractivity (Wildman–Crippen MR) is 93.4 cm³/mol. The number of nitrogens with one attached hydrogen (secondary N) is 1. The summed E-state index contributed by atoms with van der Waals surface area (Å²) in [5.74, 6) is 2.23. The number of thioether (sulfide) groups is 1. The summed E-state index contributed by atoms with van der Waals surface area (Å²) in [5, 5.41) is 3.43. The highest BCUT2D eigenvalue weighted by atomic mass is 32.2. The Morgan fingerprint density at radius 3 is 2.86 bits per heavy atom. The maximum Gasteiger partial charge on any atom is 0.152 e. The lowest BCUT2D eigenvalue weighted by Crippen LogP contribution is -2.34. The van der Waals surface area contributed by atoms with E-state index in [-0.39, 0.29) is 0 Å². The number of hydrogen-bond donors (Lipinski definition) is 1. The minimum Gasteiger partial charge on any atom is -0.354 e. The van der Waals surface area contributed by atoms with E-state index in [0.717, 1.165) is 36.7 Å². The first-order chi connectivity index (χ1) is 10.2. The maximum atomic E-state index is 4.86. The fraction of sp³-hybridized carbons (Fsp3) is 0.562. The topological polar surface area (TPSA) is 32.6 Å². The molecule has 1 N–H and O–H groups in total. The molecule has 1 atom stereocenters. The minimum atomic E-state index is 0.519. The van der Waals surface area contributed by atoms with Crippen LogP contribution in [0.4, 0.5) is 5.82 Å². The number of imidazole rings is 1. The third kappa shape index (κ3) is 3.52. The molecule has 0 saturated heterocycles. The molecule has 0 spiro atoms. The van der Waals surface area contributed by atoms with Crippen molar-refractivity contribution in [3.8, 4) is 0 Å². The molecule has 0 aliphatic rings. The van der Waals surface area contributed by atoms with Crippen LogP contribution in [0.5, 0.6) is 0 Å². The molecule has 2 heterocycles. The van der Waals surface area contributed by atoms with Gasteiger partial charge in [0.05, 0.1) is 5.69 Å². The quantitative estimate of drug-likeness (QED) is 0.812. The van der Waals surface area contributed by atoms with Crippen LogP contribution in [0, 0.1) is 0 Å². The normalized spacial score (nSPS) is 12.8. The fourth-order valence-electron chi connectivity index (χ4n) is 2.59. The second-order valence-electron chi connectivity index (χ2n) is 5.22. The highest BCUT2D eigenvalue weighted by molar-refractivity contribution is 7.98. The number of anilines is 1. The van der Waals surface area contributed by atoms with E-state index in [1.54, 1.807) is 0 Å². The first-order valence-corrected chi connectivity index (χ1v) is 9.00. The Balaban J connectivity index is 2.40. The lowest BCUT2D eigenvalue weighted by molar-refractivity contribution is 0.653. The van der Waals surface area contributed by atoms with E-state index in [1.165, 1.54) is 5.69 Å². The van der Waals surface area contributed by atoms with Crippen LogP contribution in [0.2, 0.25) is 0 Å². The Bertz CT molecular complexity index is 566. The van der Waals surface area contributed by atoms with Gasteiger partial charge in [-0.3, -0.25) is 0 Å². The molecular formula is C16H26N4S. The predicted octanol–water partition coefficient (Wildman–Crippen LogP) is 3.02. The molecule has 0 saturated carbocycles. The maximum absolute atomic E-state index is 4.86. The fourth-order valence-corrected chi connectivity index (χ4v) is 3.44. The number of aromatic nitrogens is 2. The molecule has 0 bridgehead atoms. The zero-order chi connectivity index (χ0) is 15.2. The van der Waals surface area contributed by atoms with Crippen LogP contribution in [0.3, 0.4) is 0 Å². The van der Waals surface area contributed by atoms with Gasteiger partial charge in [-0.1, -0.05) is 19.9 Å². The zero-order valence-corrected chi connectivity index (χ0v) is 14.3. The largest absolute Gasteiger partial charge is 0.354 e. The van der Waals surface area contributed by atoms with Gasteiger partial charge in [-0.15, -0.1) is 0 Å². The third-order valence-corrected chi connectivity index (χ3v) is 4.58. The van der Waals surface area contributed by atoms with Crippen LogP contribution in [0.15, 0.2) is 24.4 Å². The van der Waals surface area contributed by atoms with E-state index in [0.29, 0.717) is 6.04 Å². The van der Waals surface area contributed by atoms with Gasteiger partial charge in [0, 0.05) is 31.6 Å². The Labute approximate surface area is 131 Å².